The van der Waals surface area contributed by atoms with E-state index in [-0.39, 0.29) is 0 Å². The van der Waals surface area contributed by atoms with Crippen molar-refractivity contribution < 1.29 is 17.6 Å². The largest absolute Gasteiger partial charge is 0.419 e. The van der Waals surface area contributed by atoms with Gasteiger partial charge in [0.15, 0.2) is 0 Å². The fourth-order valence-corrected chi connectivity index (χ4v) is 2.35. The number of hydrogen-bond donors (Lipinski definition) is 1. The third kappa shape index (κ3) is 3.54. The summed E-state index contributed by atoms with van der Waals surface area (Å²) in [5.74, 6) is -1.29. The van der Waals surface area contributed by atoms with Crippen molar-refractivity contribution in [3.63, 3.8) is 0 Å². The van der Waals surface area contributed by atoms with E-state index in [0.717, 1.165) is 12.1 Å². The Kier molecular flexibility index (Phi) is 4.54. The molecule has 2 rings (SSSR count). The third-order valence-electron chi connectivity index (χ3n) is 3.10. The van der Waals surface area contributed by atoms with E-state index < -0.39 is 23.6 Å². The molecule has 0 fully saturated rings. The third-order valence-corrected chi connectivity index (χ3v) is 3.33. The van der Waals surface area contributed by atoms with Crippen LogP contribution in [0.25, 0.3) is 0 Å². The van der Waals surface area contributed by atoms with Gasteiger partial charge < -0.3 is 5.32 Å². The molecule has 0 radical (unpaired) electrons. The Balaban J connectivity index is 2.49. The fourth-order valence-electron chi connectivity index (χ4n) is 2.15. The van der Waals surface area contributed by atoms with Gasteiger partial charge >= 0.3 is 6.18 Å². The molecule has 1 nitrogen and oxygen atoms in total. The number of alkyl halides is 3. The second kappa shape index (κ2) is 6.03. The Morgan fingerprint density at radius 2 is 1.71 bits per heavy atom. The van der Waals surface area contributed by atoms with Gasteiger partial charge in [-0.3, -0.25) is 0 Å². The van der Waals surface area contributed by atoms with Crippen molar-refractivity contribution in [2.75, 3.05) is 7.05 Å². The first-order valence-electron chi connectivity index (χ1n) is 6.12. The molecule has 2 aromatic carbocycles. The molecule has 0 spiro atoms. The molecule has 0 saturated carbocycles. The van der Waals surface area contributed by atoms with Crippen LogP contribution in [0, 0.1) is 5.82 Å². The molecular formula is C15H12ClF4N. The maximum Gasteiger partial charge on any atom is 0.419 e. The minimum Gasteiger partial charge on any atom is -0.309 e. The molecule has 112 valence electrons. The van der Waals surface area contributed by atoms with Gasteiger partial charge in [0.2, 0.25) is 0 Å². The molecule has 0 saturated heterocycles. The molecule has 6 heteroatoms. The highest BCUT2D eigenvalue weighted by Crippen LogP contribution is 2.34. The van der Waals surface area contributed by atoms with Gasteiger partial charge in [-0.15, -0.1) is 0 Å². The van der Waals surface area contributed by atoms with E-state index in [1.54, 1.807) is 31.3 Å². The zero-order valence-corrected chi connectivity index (χ0v) is 11.8. The highest BCUT2D eigenvalue weighted by atomic mass is 35.5. The van der Waals surface area contributed by atoms with E-state index in [0.29, 0.717) is 16.1 Å². The Morgan fingerprint density at radius 1 is 1.05 bits per heavy atom. The summed E-state index contributed by atoms with van der Waals surface area (Å²) in [4.78, 5) is 0. The lowest BCUT2D eigenvalue weighted by molar-refractivity contribution is -0.140. The van der Waals surface area contributed by atoms with Crippen LogP contribution in [0.4, 0.5) is 17.6 Å². The normalized spacial score (nSPS) is 13.2. The molecule has 2 aromatic rings. The van der Waals surface area contributed by atoms with Crippen LogP contribution in [-0.2, 0) is 6.18 Å². The lowest BCUT2D eigenvalue weighted by atomic mass is 9.97. The number of benzene rings is 2. The van der Waals surface area contributed by atoms with Crippen molar-refractivity contribution >= 4 is 11.6 Å². The smallest absolute Gasteiger partial charge is 0.309 e. The molecule has 1 unspecified atom stereocenters. The van der Waals surface area contributed by atoms with E-state index in [1.165, 1.54) is 6.07 Å². The molecule has 0 aliphatic carbocycles. The van der Waals surface area contributed by atoms with Crippen LogP contribution >= 0.6 is 11.6 Å². The zero-order valence-electron chi connectivity index (χ0n) is 11.0. The topological polar surface area (TPSA) is 12.0 Å². The lowest BCUT2D eigenvalue weighted by Crippen LogP contribution is -2.19. The Bertz CT molecular complexity index is 640. The van der Waals surface area contributed by atoms with Gasteiger partial charge in [-0.05, 0) is 42.4 Å². The van der Waals surface area contributed by atoms with Crippen LogP contribution in [0.5, 0.6) is 0 Å². The fraction of sp³-hybridized carbons (Fsp3) is 0.200. The summed E-state index contributed by atoms with van der Waals surface area (Å²) < 4.78 is 51.7. The standard InChI is InChI=1S/C15H12ClF4N/c1-21-14(9-3-2-4-11(16)7-9)10-5-6-13(17)12(8-10)15(18,19)20/h2-8,14,21H,1H3. The number of rotatable bonds is 3. The van der Waals surface area contributed by atoms with Crippen LogP contribution in [0.1, 0.15) is 22.7 Å². The predicted molar refractivity (Wildman–Crippen MR) is 73.8 cm³/mol. The number of halogens is 5. The molecule has 1 N–H and O–H groups in total. The average molecular weight is 318 g/mol. The van der Waals surface area contributed by atoms with Gasteiger partial charge in [-0.25, -0.2) is 4.39 Å². The zero-order chi connectivity index (χ0) is 15.6. The first-order chi connectivity index (χ1) is 9.82. The lowest BCUT2D eigenvalue weighted by Gasteiger charge is -2.19. The van der Waals surface area contributed by atoms with Gasteiger partial charge in [-0.1, -0.05) is 29.8 Å². The molecule has 0 amide bonds. The monoisotopic (exact) mass is 317 g/mol. The van der Waals surface area contributed by atoms with Gasteiger partial charge in [0, 0.05) is 5.02 Å². The minimum atomic E-state index is -4.73. The van der Waals surface area contributed by atoms with Gasteiger partial charge in [0.1, 0.15) is 5.82 Å². The van der Waals surface area contributed by atoms with Crippen LogP contribution in [0.2, 0.25) is 5.02 Å². The molecule has 0 aliphatic rings. The molecule has 1 atom stereocenters. The van der Waals surface area contributed by atoms with E-state index in [1.807, 2.05) is 0 Å². The van der Waals surface area contributed by atoms with Gasteiger partial charge in [0.25, 0.3) is 0 Å². The number of hydrogen-bond acceptors (Lipinski definition) is 1. The summed E-state index contributed by atoms with van der Waals surface area (Å²) in [5.41, 5.74) is -0.263. The number of nitrogens with one attached hydrogen (secondary N) is 1. The quantitative estimate of drug-likeness (QED) is 0.801. The minimum absolute atomic E-state index is 0.313. The maximum atomic E-state index is 13.3. The highest BCUT2D eigenvalue weighted by Gasteiger charge is 2.34. The van der Waals surface area contributed by atoms with Gasteiger partial charge in [0.05, 0.1) is 11.6 Å². The summed E-state index contributed by atoms with van der Waals surface area (Å²) in [5, 5.41) is 3.39. The van der Waals surface area contributed by atoms with Crippen molar-refractivity contribution in [2.24, 2.45) is 0 Å². The van der Waals surface area contributed by atoms with Crippen LogP contribution < -0.4 is 5.32 Å². The van der Waals surface area contributed by atoms with E-state index in [9.17, 15) is 17.6 Å². The van der Waals surface area contributed by atoms with Crippen molar-refractivity contribution in [1.82, 2.24) is 5.32 Å². The molecule has 0 aliphatic heterocycles. The van der Waals surface area contributed by atoms with Gasteiger partial charge in [-0.2, -0.15) is 13.2 Å². The SMILES string of the molecule is CNC(c1cccc(Cl)c1)c1ccc(F)c(C(F)(F)F)c1. The first-order valence-corrected chi connectivity index (χ1v) is 6.50. The van der Waals surface area contributed by atoms with Crippen molar-refractivity contribution in [3.8, 4) is 0 Å². The summed E-state index contributed by atoms with van der Waals surface area (Å²) >= 11 is 5.89. The molecule has 0 bridgehead atoms. The van der Waals surface area contributed by atoms with Crippen molar-refractivity contribution in [2.45, 2.75) is 12.2 Å². The highest BCUT2D eigenvalue weighted by molar-refractivity contribution is 6.30. The second-order valence-corrected chi connectivity index (χ2v) is 4.95. The second-order valence-electron chi connectivity index (χ2n) is 4.51. The predicted octanol–water partition coefficient (Wildman–Crippen LogP) is 4.81. The Labute approximate surface area is 124 Å². The Morgan fingerprint density at radius 3 is 2.29 bits per heavy atom. The maximum absolute atomic E-state index is 13.3. The summed E-state index contributed by atoms with van der Waals surface area (Å²) in [6.45, 7) is 0. The Hall–Kier alpha value is -1.59. The van der Waals surface area contributed by atoms with E-state index in [4.69, 9.17) is 11.6 Å². The molecule has 21 heavy (non-hydrogen) atoms. The average Bonchev–Trinajstić information content (AvgIpc) is 2.40. The van der Waals surface area contributed by atoms with E-state index >= 15 is 0 Å². The van der Waals surface area contributed by atoms with Crippen molar-refractivity contribution in [1.29, 1.82) is 0 Å². The van der Waals surface area contributed by atoms with Crippen molar-refractivity contribution in [3.05, 3.63) is 70.0 Å². The van der Waals surface area contributed by atoms with Crippen LogP contribution in [-0.4, -0.2) is 7.05 Å². The van der Waals surface area contributed by atoms with E-state index in [2.05, 4.69) is 5.32 Å². The molecular weight excluding hydrogens is 306 g/mol. The molecule has 0 aromatic heterocycles. The van der Waals surface area contributed by atoms with Crippen LogP contribution in [0.3, 0.4) is 0 Å². The summed E-state index contributed by atoms with van der Waals surface area (Å²) in [7, 11) is 1.61. The first kappa shape index (κ1) is 15.8. The summed E-state index contributed by atoms with van der Waals surface area (Å²) in [6.07, 6.45) is -4.73. The summed E-state index contributed by atoms with van der Waals surface area (Å²) in [6, 6.07) is 9.23. The molecule has 0 heterocycles. The van der Waals surface area contributed by atoms with Crippen LogP contribution in [0.15, 0.2) is 42.5 Å².